The van der Waals surface area contributed by atoms with Gasteiger partial charge in [0.25, 0.3) is 5.91 Å². The van der Waals surface area contributed by atoms with Gasteiger partial charge in [-0.3, -0.25) is 4.79 Å². The first-order chi connectivity index (χ1) is 10.1. The molecule has 0 bridgehead atoms. The maximum atomic E-state index is 12.3. The van der Waals surface area contributed by atoms with Gasteiger partial charge in [-0.25, -0.2) is 0 Å². The quantitative estimate of drug-likeness (QED) is 0.837. The van der Waals surface area contributed by atoms with Crippen LogP contribution < -0.4 is 20.5 Å². The fraction of sp³-hybridized carbons (Fsp3) is 0.133. The standard InChI is InChI=1S/C15H13ClN2O3/c16-11-3-2-10(17)8-12(11)18-15(19)9-1-4-13-14(7-9)21-6-5-20-13/h1-4,7-8H,5-6,17H2,(H,18,19). The molecule has 1 aliphatic rings. The molecule has 0 aliphatic carbocycles. The van der Waals surface area contributed by atoms with Gasteiger partial charge in [0.1, 0.15) is 13.2 Å². The van der Waals surface area contributed by atoms with Crippen molar-refractivity contribution in [1.82, 2.24) is 0 Å². The second-order valence-electron chi connectivity index (χ2n) is 4.55. The summed E-state index contributed by atoms with van der Waals surface area (Å²) in [6, 6.07) is 9.94. The molecule has 3 N–H and O–H groups in total. The van der Waals surface area contributed by atoms with Gasteiger partial charge in [0, 0.05) is 11.3 Å². The summed E-state index contributed by atoms with van der Waals surface area (Å²) in [4.78, 5) is 12.3. The van der Waals surface area contributed by atoms with E-state index in [1.807, 2.05) is 0 Å². The fourth-order valence-electron chi connectivity index (χ4n) is 2.02. The first-order valence-electron chi connectivity index (χ1n) is 6.39. The average Bonchev–Trinajstić information content (AvgIpc) is 2.50. The van der Waals surface area contributed by atoms with Crippen molar-refractivity contribution >= 4 is 28.9 Å². The summed E-state index contributed by atoms with van der Waals surface area (Å²) in [5, 5.41) is 3.15. The van der Waals surface area contributed by atoms with Crippen LogP contribution in [-0.2, 0) is 0 Å². The number of fused-ring (bicyclic) bond motifs is 1. The largest absolute Gasteiger partial charge is 0.486 e. The van der Waals surface area contributed by atoms with E-state index in [0.29, 0.717) is 46.7 Å². The molecule has 6 heteroatoms. The van der Waals surface area contributed by atoms with Crippen LogP contribution in [0.25, 0.3) is 0 Å². The second-order valence-corrected chi connectivity index (χ2v) is 4.96. The molecule has 1 amide bonds. The minimum Gasteiger partial charge on any atom is -0.486 e. The lowest BCUT2D eigenvalue weighted by atomic mass is 10.1. The van der Waals surface area contributed by atoms with Gasteiger partial charge in [-0.2, -0.15) is 0 Å². The molecule has 0 unspecified atom stereocenters. The predicted molar refractivity (Wildman–Crippen MR) is 81.2 cm³/mol. The molecular weight excluding hydrogens is 292 g/mol. The predicted octanol–water partition coefficient (Wildman–Crippen LogP) is 2.95. The van der Waals surface area contributed by atoms with Gasteiger partial charge >= 0.3 is 0 Å². The summed E-state index contributed by atoms with van der Waals surface area (Å²) in [6.45, 7) is 0.983. The molecule has 0 atom stereocenters. The molecule has 21 heavy (non-hydrogen) atoms. The number of benzene rings is 2. The molecule has 1 heterocycles. The smallest absolute Gasteiger partial charge is 0.255 e. The highest BCUT2D eigenvalue weighted by Gasteiger charge is 2.15. The molecule has 108 valence electrons. The van der Waals surface area contributed by atoms with Crippen LogP contribution in [0.1, 0.15) is 10.4 Å². The van der Waals surface area contributed by atoms with E-state index in [2.05, 4.69) is 5.32 Å². The third kappa shape index (κ3) is 2.87. The average molecular weight is 305 g/mol. The zero-order valence-electron chi connectivity index (χ0n) is 11.1. The highest BCUT2D eigenvalue weighted by atomic mass is 35.5. The lowest BCUT2D eigenvalue weighted by molar-refractivity contribution is 0.102. The van der Waals surface area contributed by atoms with Crippen molar-refractivity contribution in [2.24, 2.45) is 0 Å². The summed E-state index contributed by atoms with van der Waals surface area (Å²) < 4.78 is 10.9. The van der Waals surface area contributed by atoms with Gasteiger partial charge in [-0.15, -0.1) is 0 Å². The number of rotatable bonds is 2. The number of hydrogen-bond acceptors (Lipinski definition) is 4. The summed E-state index contributed by atoms with van der Waals surface area (Å²) >= 11 is 6.03. The van der Waals surface area contributed by atoms with Crippen LogP contribution >= 0.6 is 11.6 Å². The van der Waals surface area contributed by atoms with Crippen molar-refractivity contribution < 1.29 is 14.3 Å². The van der Waals surface area contributed by atoms with Gasteiger partial charge in [0.2, 0.25) is 0 Å². The van der Waals surface area contributed by atoms with Gasteiger partial charge in [-0.1, -0.05) is 11.6 Å². The van der Waals surface area contributed by atoms with Crippen LogP contribution in [0, 0.1) is 0 Å². The zero-order valence-corrected chi connectivity index (χ0v) is 11.8. The Morgan fingerprint density at radius 1 is 1.10 bits per heavy atom. The molecule has 3 rings (SSSR count). The van der Waals surface area contributed by atoms with Crippen molar-refractivity contribution in [3.8, 4) is 11.5 Å². The number of nitrogen functional groups attached to an aromatic ring is 1. The Morgan fingerprint density at radius 3 is 2.67 bits per heavy atom. The molecule has 2 aromatic rings. The maximum Gasteiger partial charge on any atom is 0.255 e. The minimum absolute atomic E-state index is 0.292. The zero-order chi connectivity index (χ0) is 14.8. The summed E-state index contributed by atoms with van der Waals surface area (Å²) in [7, 11) is 0. The minimum atomic E-state index is -0.292. The van der Waals surface area contributed by atoms with Crippen molar-refractivity contribution in [1.29, 1.82) is 0 Å². The van der Waals surface area contributed by atoms with E-state index in [-0.39, 0.29) is 5.91 Å². The molecule has 0 saturated heterocycles. The van der Waals surface area contributed by atoms with Crippen LogP contribution in [0.15, 0.2) is 36.4 Å². The van der Waals surface area contributed by atoms with Crippen molar-refractivity contribution in [2.75, 3.05) is 24.3 Å². The maximum absolute atomic E-state index is 12.3. The highest BCUT2D eigenvalue weighted by molar-refractivity contribution is 6.34. The summed E-state index contributed by atoms with van der Waals surface area (Å²) in [5.74, 6) is 0.909. The Hall–Kier alpha value is -2.40. The number of anilines is 2. The SMILES string of the molecule is Nc1ccc(Cl)c(NC(=O)c2ccc3c(c2)OCCO3)c1. The van der Waals surface area contributed by atoms with Crippen molar-refractivity contribution in [3.63, 3.8) is 0 Å². The number of hydrogen-bond donors (Lipinski definition) is 2. The van der Waals surface area contributed by atoms with Crippen LogP contribution in [-0.4, -0.2) is 19.1 Å². The van der Waals surface area contributed by atoms with Crippen molar-refractivity contribution in [2.45, 2.75) is 0 Å². The topological polar surface area (TPSA) is 73.6 Å². The lowest BCUT2D eigenvalue weighted by Crippen LogP contribution is -2.17. The normalized spacial score (nSPS) is 12.8. The highest BCUT2D eigenvalue weighted by Crippen LogP contribution is 2.31. The monoisotopic (exact) mass is 304 g/mol. The first-order valence-corrected chi connectivity index (χ1v) is 6.77. The Bertz CT molecular complexity index is 703. The van der Waals surface area contributed by atoms with Crippen LogP contribution in [0.4, 0.5) is 11.4 Å². The van der Waals surface area contributed by atoms with Crippen LogP contribution in [0.5, 0.6) is 11.5 Å². The molecule has 5 nitrogen and oxygen atoms in total. The van der Waals surface area contributed by atoms with Gasteiger partial charge in [0.05, 0.1) is 10.7 Å². The van der Waals surface area contributed by atoms with E-state index in [1.165, 1.54) is 0 Å². The Labute approximate surface area is 126 Å². The van der Waals surface area contributed by atoms with Crippen LogP contribution in [0.2, 0.25) is 5.02 Å². The molecule has 1 aliphatic heterocycles. The fourth-order valence-corrected chi connectivity index (χ4v) is 2.18. The molecule has 2 aromatic carbocycles. The number of nitrogens with two attached hydrogens (primary N) is 1. The number of halogens is 1. The molecule has 0 saturated carbocycles. The van der Waals surface area contributed by atoms with Crippen LogP contribution in [0.3, 0.4) is 0 Å². The number of amides is 1. The summed E-state index contributed by atoms with van der Waals surface area (Å²) in [6.07, 6.45) is 0. The third-order valence-corrected chi connectivity index (χ3v) is 3.37. The number of carbonyl (C=O) groups is 1. The molecule has 0 aromatic heterocycles. The van der Waals surface area contributed by atoms with Gasteiger partial charge in [-0.05, 0) is 36.4 Å². The van der Waals surface area contributed by atoms with E-state index >= 15 is 0 Å². The molecular formula is C15H13ClN2O3. The van der Waals surface area contributed by atoms with Gasteiger partial charge < -0.3 is 20.5 Å². The van der Waals surface area contributed by atoms with E-state index in [4.69, 9.17) is 26.8 Å². The van der Waals surface area contributed by atoms with E-state index in [9.17, 15) is 4.79 Å². The number of nitrogens with one attached hydrogen (secondary N) is 1. The second kappa shape index (κ2) is 5.54. The first kappa shape index (κ1) is 13.6. The Morgan fingerprint density at radius 2 is 1.86 bits per heavy atom. The van der Waals surface area contributed by atoms with E-state index in [0.717, 1.165) is 0 Å². The third-order valence-electron chi connectivity index (χ3n) is 3.04. The Balaban J connectivity index is 1.83. The molecule has 0 spiro atoms. The lowest BCUT2D eigenvalue weighted by Gasteiger charge is -2.18. The van der Waals surface area contributed by atoms with E-state index < -0.39 is 0 Å². The molecule has 0 fully saturated rings. The van der Waals surface area contributed by atoms with Crippen molar-refractivity contribution in [3.05, 3.63) is 47.0 Å². The number of ether oxygens (including phenoxy) is 2. The Kier molecular flexibility index (Phi) is 3.58. The molecule has 0 radical (unpaired) electrons. The summed E-state index contributed by atoms with van der Waals surface area (Å²) in [5.41, 5.74) is 7.14. The number of carbonyl (C=O) groups excluding carboxylic acids is 1. The van der Waals surface area contributed by atoms with Gasteiger partial charge in [0.15, 0.2) is 11.5 Å². The van der Waals surface area contributed by atoms with E-state index in [1.54, 1.807) is 36.4 Å².